The zero-order chi connectivity index (χ0) is 11.5. The molecule has 0 aliphatic rings. The van der Waals surface area contributed by atoms with E-state index in [1.54, 1.807) is 32.0 Å². The zero-order valence-corrected chi connectivity index (χ0v) is 8.58. The molecule has 0 spiro atoms. The maximum Gasteiger partial charge on any atom is 0.418 e. The molecule has 1 atom stereocenters. The number of halogens is 3. The summed E-state index contributed by atoms with van der Waals surface area (Å²) in [5, 5.41) is 0. The fraction of sp³-hybridized carbons (Fsp3) is 0.455. The van der Waals surface area contributed by atoms with E-state index < -0.39 is 18.4 Å². The van der Waals surface area contributed by atoms with Crippen molar-refractivity contribution in [3.05, 3.63) is 35.9 Å². The molecule has 0 saturated heterocycles. The Morgan fingerprint density at radius 3 is 2.00 bits per heavy atom. The second-order valence-corrected chi connectivity index (χ2v) is 3.52. The van der Waals surface area contributed by atoms with Gasteiger partial charge in [0.25, 0.3) is 0 Å². The van der Waals surface area contributed by atoms with Crippen molar-refractivity contribution < 1.29 is 17.9 Å². The Kier molecular flexibility index (Phi) is 3.74. The van der Waals surface area contributed by atoms with E-state index in [2.05, 4.69) is 0 Å². The van der Waals surface area contributed by atoms with Crippen molar-refractivity contribution >= 4 is 0 Å². The van der Waals surface area contributed by atoms with Crippen molar-refractivity contribution in [2.45, 2.75) is 32.2 Å². The molecule has 15 heavy (non-hydrogen) atoms. The van der Waals surface area contributed by atoms with E-state index in [1.807, 2.05) is 0 Å². The SMILES string of the molecule is CC(C)OC(c1ccccc1)C(F)(F)F. The molecule has 0 aliphatic heterocycles. The molecular formula is C11H13F3O. The summed E-state index contributed by atoms with van der Waals surface area (Å²) in [5.41, 5.74) is 0.138. The molecule has 1 unspecified atom stereocenters. The minimum Gasteiger partial charge on any atom is -0.361 e. The van der Waals surface area contributed by atoms with Gasteiger partial charge in [-0.3, -0.25) is 0 Å². The number of ether oxygens (including phenoxy) is 1. The molecule has 1 rings (SSSR count). The van der Waals surface area contributed by atoms with Crippen molar-refractivity contribution in [3.8, 4) is 0 Å². The quantitative estimate of drug-likeness (QED) is 0.751. The van der Waals surface area contributed by atoms with Crippen LogP contribution in [0.5, 0.6) is 0 Å². The molecular weight excluding hydrogens is 205 g/mol. The van der Waals surface area contributed by atoms with Gasteiger partial charge in [0, 0.05) is 0 Å². The Bertz CT molecular complexity index is 292. The van der Waals surface area contributed by atoms with Crippen LogP contribution >= 0.6 is 0 Å². The third-order valence-electron chi connectivity index (χ3n) is 1.81. The van der Waals surface area contributed by atoms with Crippen LogP contribution in [0.2, 0.25) is 0 Å². The van der Waals surface area contributed by atoms with Crippen LogP contribution in [0.4, 0.5) is 13.2 Å². The van der Waals surface area contributed by atoms with Gasteiger partial charge in [-0.2, -0.15) is 13.2 Å². The Hall–Kier alpha value is -1.03. The Morgan fingerprint density at radius 1 is 1.07 bits per heavy atom. The van der Waals surface area contributed by atoms with Crippen LogP contribution in [0, 0.1) is 0 Å². The average Bonchev–Trinajstić information content (AvgIpc) is 2.14. The molecule has 84 valence electrons. The van der Waals surface area contributed by atoms with Gasteiger partial charge in [-0.05, 0) is 19.4 Å². The first-order chi connectivity index (χ1) is 6.91. The number of benzene rings is 1. The first-order valence-corrected chi connectivity index (χ1v) is 4.68. The van der Waals surface area contributed by atoms with Crippen LogP contribution in [0.3, 0.4) is 0 Å². The molecule has 0 aliphatic carbocycles. The number of hydrogen-bond acceptors (Lipinski definition) is 1. The number of hydrogen-bond donors (Lipinski definition) is 0. The van der Waals surface area contributed by atoms with Gasteiger partial charge in [0.05, 0.1) is 6.10 Å². The number of alkyl halides is 3. The zero-order valence-electron chi connectivity index (χ0n) is 8.58. The van der Waals surface area contributed by atoms with Crippen molar-refractivity contribution in [2.24, 2.45) is 0 Å². The summed E-state index contributed by atoms with van der Waals surface area (Å²) < 4.78 is 42.8. The van der Waals surface area contributed by atoms with Gasteiger partial charge < -0.3 is 4.74 Å². The van der Waals surface area contributed by atoms with Gasteiger partial charge in [-0.25, -0.2) is 0 Å². The molecule has 0 saturated carbocycles. The predicted octanol–water partition coefficient (Wildman–Crippen LogP) is 3.72. The highest BCUT2D eigenvalue weighted by Crippen LogP contribution is 2.36. The third-order valence-corrected chi connectivity index (χ3v) is 1.81. The molecule has 0 heterocycles. The van der Waals surface area contributed by atoms with E-state index in [-0.39, 0.29) is 5.56 Å². The van der Waals surface area contributed by atoms with Crippen LogP contribution < -0.4 is 0 Å². The molecule has 1 nitrogen and oxygen atoms in total. The average molecular weight is 218 g/mol. The first-order valence-electron chi connectivity index (χ1n) is 4.68. The Balaban J connectivity index is 2.92. The molecule has 0 radical (unpaired) electrons. The molecule has 1 aromatic rings. The van der Waals surface area contributed by atoms with E-state index in [0.29, 0.717) is 0 Å². The third kappa shape index (κ3) is 3.55. The van der Waals surface area contributed by atoms with Gasteiger partial charge in [0.2, 0.25) is 0 Å². The highest BCUT2D eigenvalue weighted by molar-refractivity contribution is 5.18. The lowest BCUT2D eigenvalue weighted by Gasteiger charge is -2.23. The summed E-state index contributed by atoms with van der Waals surface area (Å²) in [4.78, 5) is 0. The predicted molar refractivity (Wildman–Crippen MR) is 51.5 cm³/mol. The monoisotopic (exact) mass is 218 g/mol. The molecule has 0 fully saturated rings. The fourth-order valence-corrected chi connectivity index (χ4v) is 1.24. The highest BCUT2D eigenvalue weighted by atomic mass is 19.4. The Labute approximate surface area is 86.9 Å². The van der Waals surface area contributed by atoms with E-state index in [1.165, 1.54) is 12.1 Å². The van der Waals surface area contributed by atoms with Crippen LogP contribution in [-0.2, 0) is 4.74 Å². The molecule has 0 amide bonds. The summed E-state index contributed by atoms with van der Waals surface area (Å²) in [7, 11) is 0. The second-order valence-electron chi connectivity index (χ2n) is 3.52. The molecule has 1 aromatic carbocycles. The standard InChI is InChI=1S/C11H13F3O/c1-8(2)15-10(11(12,13)14)9-6-4-3-5-7-9/h3-8,10H,1-2H3. The molecule has 4 heteroatoms. The van der Waals surface area contributed by atoms with Crippen molar-refractivity contribution in [1.82, 2.24) is 0 Å². The van der Waals surface area contributed by atoms with Crippen molar-refractivity contribution in [1.29, 1.82) is 0 Å². The topological polar surface area (TPSA) is 9.23 Å². The summed E-state index contributed by atoms with van der Waals surface area (Å²) in [6.45, 7) is 3.17. The summed E-state index contributed by atoms with van der Waals surface area (Å²) in [6, 6.07) is 7.64. The van der Waals surface area contributed by atoms with Gasteiger partial charge in [-0.1, -0.05) is 30.3 Å². The summed E-state index contributed by atoms with van der Waals surface area (Å²) in [5.74, 6) is 0. The molecule has 0 N–H and O–H groups in total. The Morgan fingerprint density at radius 2 is 1.60 bits per heavy atom. The minimum atomic E-state index is -4.37. The van der Waals surface area contributed by atoms with Gasteiger partial charge in [0.1, 0.15) is 0 Å². The summed E-state index contributed by atoms with van der Waals surface area (Å²) in [6.07, 6.45) is -6.67. The van der Waals surface area contributed by atoms with Crippen LogP contribution in [0.1, 0.15) is 25.5 Å². The normalized spacial score (nSPS) is 14.3. The molecule has 0 aromatic heterocycles. The highest BCUT2D eigenvalue weighted by Gasteiger charge is 2.42. The first kappa shape index (κ1) is 12.0. The van der Waals surface area contributed by atoms with E-state index >= 15 is 0 Å². The van der Waals surface area contributed by atoms with Crippen LogP contribution in [0.15, 0.2) is 30.3 Å². The van der Waals surface area contributed by atoms with Gasteiger partial charge in [-0.15, -0.1) is 0 Å². The maximum atomic E-state index is 12.6. The lowest BCUT2D eigenvalue weighted by atomic mass is 10.1. The van der Waals surface area contributed by atoms with Crippen molar-refractivity contribution in [3.63, 3.8) is 0 Å². The van der Waals surface area contributed by atoms with E-state index in [0.717, 1.165) is 0 Å². The van der Waals surface area contributed by atoms with Crippen LogP contribution in [-0.4, -0.2) is 12.3 Å². The largest absolute Gasteiger partial charge is 0.418 e. The van der Waals surface area contributed by atoms with Crippen molar-refractivity contribution in [2.75, 3.05) is 0 Å². The maximum absolute atomic E-state index is 12.6. The van der Waals surface area contributed by atoms with Gasteiger partial charge in [0.15, 0.2) is 6.10 Å². The smallest absolute Gasteiger partial charge is 0.361 e. The lowest BCUT2D eigenvalue weighted by molar-refractivity contribution is -0.233. The summed E-state index contributed by atoms with van der Waals surface area (Å²) >= 11 is 0. The van der Waals surface area contributed by atoms with Crippen LogP contribution in [0.25, 0.3) is 0 Å². The fourth-order valence-electron chi connectivity index (χ4n) is 1.24. The number of rotatable bonds is 3. The second kappa shape index (κ2) is 4.66. The lowest BCUT2D eigenvalue weighted by Crippen LogP contribution is -2.26. The van der Waals surface area contributed by atoms with Gasteiger partial charge >= 0.3 is 6.18 Å². The van der Waals surface area contributed by atoms with E-state index in [9.17, 15) is 13.2 Å². The molecule has 0 bridgehead atoms. The van der Waals surface area contributed by atoms with E-state index in [4.69, 9.17) is 4.74 Å². The minimum absolute atomic E-state index is 0.138.